The van der Waals surface area contributed by atoms with Gasteiger partial charge < -0.3 is 30.7 Å². The number of halogens is 1. The number of carbonyl (C=O) groups is 1. The van der Waals surface area contributed by atoms with Crippen molar-refractivity contribution in [2.45, 2.75) is 31.9 Å². The lowest BCUT2D eigenvalue weighted by molar-refractivity contribution is -0.118. The SMILES string of the molecule is C[C@H](Nc1ccc(Nc2ncc(F)c(Nc3ccc4c(n3)NC(=O)CO4)n2)cn1)C1CCCO1. The van der Waals surface area contributed by atoms with E-state index in [1.165, 1.54) is 0 Å². The van der Waals surface area contributed by atoms with Crippen molar-refractivity contribution < 1.29 is 18.7 Å². The van der Waals surface area contributed by atoms with Crippen LogP contribution in [0.4, 0.5) is 39.3 Å². The zero-order chi connectivity index (χ0) is 23.5. The second-order valence-corrected chi connectivity index (χ2v) is 7.94. The molecule has 34 heavy (non-hydrogen) atoms. The van der Waals surface area contributed by atoms with Crippen LogP contribution in [0.25, 0.3) is 0 Å². The zero-order valence-electron chi connectivity index (χ0n) is 18.3. The highest BCUT2D eigenvalue weighted by Crippen LogP contribution is 2.28. The summed E-state index contributed by atoms with van der Waals surface area (Å²) in [6.07, 6.45) is 4.99. The van der Waals surface area contributed by atoms with Crippen molar-refractivity contribution >= 4 is 40.8 Å². The van der Waals surface area contributed by atoms with Crippen LogP contribution in [0.1, 0.15) is 19.8 Å². The zero-order valence-corrected chi connectivity index (χ0v) is 18.3. The van der Waals surface area contributed by atoms with Gasteiger partial charge in [0.1, 0.15) is 11.6 Å². The highest BCUT2D eigenvalue weighted by molar-refractivity contribution is 5.94. The van der Waals surface area contributed by atoms with E-state index in [0.717, 1.165) is 31.5 Å². The molecule has 2 aliphatic rings. The second kappa shape index (κ2) is 9.43. The van der Waals surface area contributed by atoms with Crippen LogP contribution in [0, 0.1) is 5.82 Å². The van der Waals surface area contributed by atoms with Crippen LogP contribution in [0.2, 0.25) is 0 Å². The van der Waals surface area contributed by atoms with Gasteiger partial charge in [-0.15, -0.1) is 0 Å². The lowest BCUT2D eigenvalue weighted by atomic mass is 10.1. The van der Waals surface area contributed by atoms with Gasteiger partial charge in [0.25, 0.3) is 5.91 Å². The Labute approximate surface area is 194 Å². The van der Waals surface area contributed by atoms with Crippen molar-refractivity contribution in [1.82, 2.24) is 19.9 Å². The third-order valence-electron chi connectivity index (χ3n) is 5.38. The quantitative estimate of drug-likeness (QED) is 0.411. The van der Waals surface area contributed by atoms with Gasteiger partial charge in [0.15, 0.2) is 29.8 Å². The lowest BCUT2D eigenvalue weighted by Crippen LogP contribution is -2.30. The monoisotopic (exact) mass is 466 g/mol. The van der Waals surface area contributed by atoms with E-state index in [1.807, 2.05) is 12.1 Å². The summed E-state index contributed by atoms with van der Waals surface area (Å²) in [5.41, 5.74) is 0.639. The van der Waals surface area contributed by atoms with Crippen molar-refractivity contribution in [2.24, 2.45) is 0 Å². The van der Waals surface area contributed by atoms with Crippen molar-refractivity contribution in [2.75, 3.05) is 34.5 Å². The fraction of sp³-hybridized carbons (Fsp3) is 0.318. The van der Waals surface area contributed by atoms with Gasteiger partial charge in [-0.05, 0) is 44.0 Å². The topological polar surface area (TPSA) is 135 Å². The molecule has 2 atom stereocenters. The van der Waals surface area contributed by atoms with Crippen molar-refractivity contribution in [3.63, 3.8) is 0 Å². The average Bonchev–Trinajstić information content (AvgIpc) is 3.38. The molecule has 4 N–H and O–H groups in total. The number of amides is 1. The molecule has 5 heterocycles. The summed E-state index contributed by atoms with van der Waals surface area (Å²) in [7, 11) is 0. The van der Waals surface area contributed by atoms with Crippen LogP contribution < -0.4 is 26.0 Å². The summed E-state index contributed by atoms with van der Waals surface area (Å²) in [6.45, 7) is 2.80. The molecule has 0 aromatic carbocycles. The van der Waals surface area contributed by atoms with E-state index < -0.39 is 5.82 Å². The molecule has 1 fully saturated rings. The molecule has 0 spiro atoms. The molecule has 1 unspecified atom stereocenters. The van der Waals surface area contributed by atoms with E-state index in [4.69, 9.17) is 9.47 Å². The molecular formula is C22H23FN8O3. The molecule has 0 radical (unpaired) electrons. The fourth-order valence-corrected chi connectivity index (χ4v) is 3.68. The number of ether oxygens (including phenoxy) is 2. The van der Waals surface area contributed by atoms with E-state index in [0.29, 0.717) is 11.4 Å². The summed E-state index contributed by atoms with van der Waals surface area (Å²) >= 11 is 0. The van der Waals surface area contributed by atoms with Crippen LogP contribution in [-0.4, -0.2) is 51.2 Å². The fourth-order valence-electron chi connectivity index (χ4n) is 3.68. The summed E-state index contributed by atoms with van der Waals surface area (Å²) < 4.78 is 25.3. The molecule has 3 aromatic rings. The van der Waals surface area contributed by atoms with E-state index >= 15 is 0 Å². The van der Waals surface area contributed by atoms with Crippen molar-refractivity contribution in [3.05, 3.63) is 42.5 Å². The summed E-state index contributed by atoms with van der Waals surface area (Å²) in [5, 5.41) is 11.8. The van der Waals surface area contributed by atoms with Crippen LogP contribution in [-0.2, 0) is 9.53 Å². The Morgan fingerprint density at radius 2 is 2.00 bits per heavy atom. The molecular weight excluding hydrogens is 443 g/mol. The number of hydrogen-bond donors (Lipinski definition) is 4. The molecule has 2 aliphatic heterocycles. The third-order valence-corrected chi connectivity index (χ3v) is 5.38. The standard InChI is InChI=1S/C22H23FN8O3/c1-12(15-3-2-8-33-15)26-17-6-4-13(9-24-17)27-22-25-10-14(23)20(31-22)28-18-7-5-16-21(29-18)30-19(32)11-34-16/h4-7,9-10,12,15H,2-3,8,11H2,1H3,(H,24,26)(H3,25,27,28,29,30,31,32)/t12-,15?/m0/s1. The van der Waals surface area contributed by atoms with Gasteiger partial charge in [0.05, 0.1) is 30.2 Å². The number of pyridine rings is 2. The van der Waals surface area contributed by atoms with Crippen LogP contribution in [0.5, 0.6) is 5.75 Å². The van der Waals surface area contributed by atoms with Gasteiger partial charge in [-0.2, -0.15) is 4.98 Å². The molecule has 0 aliphatic carbocycles. The molecule has 176 valence electrons. The Balaban J connectivity index is 1.25. The maximum absolute atomic E-state index is 14.3. The largest absolute Gasteiger partial charge is 0.480 e. The predicted molar refractivity (Wildman–Crippen MR) is 123 cm³/mol. The van der Waals surface area contributed by atoms with Crippen LogP contribution >= 0.6 is 0 Å². The van der Waals surface area contributed by atoms with E-state index in [2.05, 4.69) is 48.1 Å². The minimum atomic E-state index is -0.661. The van der Waals surface area contributed by atoms with Gasteiger partial charge in [-0.25, -0.2) is 19.3 Å². The molecule has 11 nitrogen and oxygen atoms in total. The maximum atomic E-state index is 14.3. The van der Waals surface area contributed by atoms with Gasteiger partial charge in [-0.1, -0.05) is 0 Å². The number of hydrogen-bond acceptors (Lipinski definition) is 10. The van der Waals surface area contributed by atoms with Gasteiger partial charge in [-0.3, -0.25) is 4.79 Å². The van der Waals surface area contributed by atoms with Gasteiger partial charge >= 0.3 is 0 Å². The minimum absolute atomic E-state index is 0.0725. The maximum Gasteiger partial charge on any atom is 0.263 e. The van der Waals surface area contributed by atoms with Gasteiger partial charge in [0, 0.05) is 6.61 Å². The number of anilines is 6. The first kappa shape index (κ1) is 21.8. The Morgan fingerprint density at radius 1 is 1.12 bits per heavy atom. The number of rotatable bonds is 7. The number of carbonyl (C=O) groups excluding carboxylic acids is 1. The normalized spacial score (nSPS) is 17.8. The van der Waals surface area contributed by atoms with E-state index in [-0.39, 0.29) is 48.1 Å². The molecule has 0 bridgehead atoms. The number of aromatic nitrogens is 4. The predicted octanol–water partition coefficient (Wildman–Crippen LogP) is 3.20. The molecule has 1 amide bonds. The minimum Gasteiger partial charge on any atom is -0.480 e. The molecule has 12 heteroatoms. The summed E-state index contributed by atoms with van der Waals surface area (Å²) in [4.78, 5) is 28.3. The Hall–Kier alpha value is -4.06. The highest BCUT2D eigenvalue weighted by Gasteiger charge is 2.22. The molecule has 3 aromatic heterocycles. The second-order valence-electron chi connectivity index (χ2n) is 7.94. The first-order chi connectivity index (χ1) is 16.5. The Morgan fingerprint density at radius 3 is 2.79 bits per heavy atom. The van der Waals surface area contributed by atoms with Crippen LogP contribution in [0.15, 0.2) is 36.7 Å². The van der Waals surface area contributed by atoms with E-state index in [9.17, 15) is 9.18 Å². The Kier molecular flexibility index (Phi) is 6.04. The molecule has 1 saturated heterocycles. The average molecular weight is 466 g/mol. The lowest BCUT2D eigenvalue weighted by Gasteiger charge is -2.20. The molecule has 5 rings (SSSR count). The van der Waals surface area contributed by atoms with Crippen molar-refractivity contribution in [1.29, 1.82) is 0 Å². The smallest absolute Gasteiger partial charge is 0.263 e. The van der Waals surface area contributed by atoms with E-state index in [1.54, 1.807) is 18.3 Å². The molecule has 0 saturated carbocycles. The summed E-state index contributed by atoms with van der Waals surface area (Å²) in [5.74, 6) is 0.822. The van der Waals surface area contributed by atoms with Crippen LogP contribution in [0.3, 0.4) is 0 Å². The Bertz CT molecular complexity index is 1190. The third kappa shape index (κ3) is 4.96. The number of nitrogens with one attached hydrogen (secondary N) is 4. The summed E-state index contributed by atoms with van der Waals surface area (Å²) in [6, 6.07) is 7.04. The first-order valence-electron chi connectivity index (χ1n) is 10.9. The number of fused-ring (bicyclic) bond motifs is 1. The van der Waals surface area contributed by atoms with Crippen molar-refractivity contribution in [3.8, 4) is 5.75 Å². The highest BCUT2D eigenvalue weighted by atomic mass is 19.1. The first-order valence-corrected chi connectivity index (χ1v) is 10.9. The number of nitrogens with zero attached hydrogens (tertiary/aromatic N) is 4. The van der Waals surface area contributed by atoms with Gasteiger partial charge in [0.2, 0.25) is 5.95 Å².